The van der Waals surface area contributed by atoms with Gasteiger partial charge in [-0.1, -0.05) is 19.1 Å². The van der Waals surface area contributed by atoms with E-state index >= 15 is 0 Å². The molecule has 0 unspecified atom stereocenters. The molecule has 0 bridgehead atoms. The summed E-state index contributed by atoms with van der Waals surface area (Å²) in [5.74, 6) is -0.782. The second-order valence-electron chi connectivity index (χ2n) is 4.44. The summed E-state index contributed by atoms with van der Waals surface area (Å²) in [7, 11) is 2.89. The lowest BCUT2D eigenvalue weighted by molar-refractivity contribution is -0.160. The van der Waals surface area contributed by atoms with Gasteiger partial charge in [0.2, 0.25) is 5.78 Å². The van der Waals surface area contributed by atoms with Gasteiger partial charge in [-0.05, 0) is 6.42 Å². The van der Waals surface area contributed by atoms with Gasteiger partial charge in [-0.15, -0.1) is 0 Å². The number of hydrogen-bond acceptors (Lipinski definition) is 4. The third kappa shape index (κ3) is 1.47. The minimum absolute atomic E-state index is 0.114. The molecule has 4 heteroatoms. The highest BCUT2D eigenvalue weighted by atomic mass is 16.5. The molecular weight excluding hydrogens is 220 g/mol. The number of allylic oxidation sites excluding steroid dienone is 2. The lowest BCUT2D eigenvalue weighted by Gasteiger charge is -2.44. The normalized spacial score (nSPS) is 36.5. The van der Waals surface area contributed by atoms with E-state index in [9.17, 15) is 9.59 Å². The van der Waals surface area contributed by atoms with Crippen LogP contribution in [0.25, 0.3) is 0 Å². The van der Waals surface area contributed by atoms with Gasteiger partial charge in [0.05, 0.1) is 13.0 Å². The van der Waals surface area contributed by atoms with Crippen molar-refractivity contribution in [1.29, 1.82) is 0 Å². The van der Waals surface area contributed by atoms with Crippen molar-refractivity contribution >= 4 is 11.6 Å². The number of carbonyl (C=O) groups is 2. The zero-order valence-corrected chi connectivity index (χ0v) is 10.2. The highest BCUT2D eigenvalue weighted by molar-refractivity contribution is 6.13. The highest BCUT2D eigenvalue weighted by Gasteiger charge is 2.56. The number of methoxy groups -OCH3 is 2. The average molecular weight is 236 g/mol. The van der Waals surface area contributed by atoms with E-state index in [1.54, 1.807) is 0 Å². The van der Waals surface area contributed by atoms with Gasteiger partial charge in [0, 0.05) is 19.1 Å². The molecule has 0 radical (unpaired) electrons. The molecule has 0 spiro atoms. The fraction of sp³-hybridized carbons (Fsp3) is 0.538. The standard InChI is InChI=1S/C13H16O4/c1-8-5-4-6-9-12(15)10(16-2)7-11(14)13(8,9)17-3/h4-5,7-9H,6H2,1-3H3/t8-,9-,13+/m1/s1. The third-order valence-corrected chi connectivity index (χ3v) is 3.75. The molecule has 0 aromatic heterocycles. The van der Waals surface area contributed by atoms with Crippen molar-refractivity contribution in [2.45, 2.75) is 18.9 Å². The van der Waals surface area contributed by atoms with Crippen LogP contribution in [0, 0.1) is 11.8 Å². The second kappa shape index (κ2) is 4.11. The first kappa shape index (κ1) is 12.0. The Balaban J connectivity index is 2.55. The molecule has 0 aromatic rings. The Hall–Kier alpha value is -1.42. The van der Waals surface area contributed by atoms with Crippen molar-refractivity contribution in [3.63, 3.8) is 0 Å². The Morgan fingerprint density at radius 1 is 1.35 bits per heavy atom. The van der Waals surface area contributed by atoms with Crippen molar-refractivity contribution in [2.24, 2.45) is 11.8 Å². The van der Waals surface area contributed by atoms with E-state index < -0.39 is 11.5 Å². The zero-order chi connectivity index (χ0) is 12.6. The number of carbonyl (C=O) groups excluding carboxylic acids is 2. The largest absolute Gasteiger partial charge is 0.493 e. The smallest absolute Gasteiger partial charge is 0.204 e. The Morgan fingerprint density at radius 3 is 2.65 bits per heavy atom. The maximum absolute atomic E-state index is 12.2. The van der Waals surface area contributed by atoms with Crippen LogP contribution in [0.1, 0.15) is 13.3 Å². The van der Waals surface area contributed by atoms with Crippen LogP contribution in [0.2, 0.25) is 0 Å². The number of hydrogen-bond donors (Lipinski definition) is 0. The van der Waals surface area contributed by atoms with Crippen molar-refractivity contribution in [3.8, 4) is 0 Å². The summed E-state index contributed by atoms with van der Waals surface area (Å²) < 4.78 is 10.4. The highest BCUT2D eigenvalue weighted by Crippen LogP contribution is 2.42. The number of ether oxygens (including phenoxy) is 2. The summed E-state index contributed by atoms with van der Waals surface area (Å²) in [6, 6.07) is 0. The molecule has 3 atom stereocenters. The van der Waals surface area contributed by atoms with E-state index in [-0.39, 0.29) is 23.2 Å². The maximum atomic E-state index is 12.2. The fourth-order valence-corrected chi connectivity index (χ4v) is 2.82. The van der Waals surface area contributed by atoms with Crippen LogP contribution in [0.3, 0.4) is 0 Å². The average Bonchev–Trinajstić information content (AvgIpc) is 2.33. The third-order valence-electron chi connectivity index (χ3n) is 3.75. The Kier molecular flexibility index (Phi) is 2.91. The molecule has 2 rings (SSSR count). The van der Waals surface area contributed by atoms with E-state index in [0.717, 1.165) is 0 Å². The molecule has 0 aromatic carbocycles. The van der Waals surface area contributed by atoms with Crippen LogP contribution in [-0.2, 0) is 19.1 Å². The molecule has 0 amide bonds. The summed E-state index contributed by atoms with van der Waals surface area (Å²) in [6.45, 7) is 1.89. The first-order chi connectivity index (χ1) is 8.07. The number of ketones is 2. The summed E-state index contributed by atoms with van der Waals surface area (Å²) in [5.41, 5.74) is -1.05. The molecule has 17 heavy (non-hydrogen) atoms. The Labute approximate surface area is 100 Å². The molecule has 92 valence electrons. The lowest BCUT2D eigenvalue weighted by atomic mass is 9.65. The van der Waals surface area contributed by atoms with Crippen LogP contribution in [-0.4, -0.2) is 31.4 Å². The molecular formula is C13H16O4. The van der Waals surface area contributed by atoms with Crippen molar-refractivity contribution < 1.29 is 19.1 Å². The second-order valence-corrected chi connectivity index (χ2v) is 4.44. The van der Waals surface area contributed by atoms with E-state index in [1.807, 2.05) is 19.1 Å². The fourth-order valence-electron chi connectivity index (χ4n) is 2.82. The van der Waals surface area contributed by atoms with Crippen LogP contribution < -0.4 is 0 Å². The van der Waals surface area contributed by atoms with Gasteiger partial charge in [0.1, 0.15) is 5.60 Å². The van der Waals surface area contributed by atoms with Crippen LogP contribution >= 0.6 is 0 Å². The Bertz CT molecular complexity index is 421. The van der Waals surface area contributed by atoms with E-state index in [0.29, 0.717) is 6.42 Å². The van der Waals surface area contributed by atoms with E-state index in [4.69, 9.17) is 9.47 Å². The van der Waals surface area contributed by atoms with Gasteiger partial charge in [-0.2, -0.15) is 0 Å². The first-order valence-electron chi connectivity index (χ1n) is 5.64. The van der Waals surface area contributed by atoms with Crippen LogP contribution in [0.4, 0.5) is 0 Å². The molecule has 0 fully saturated rings. The van der Waals surface area contributed by atoms with Crippen molar-refractivity contribution in [3.05, 3.63) is 24.0 Å². The van der Waals surface area contributed by atoms with Gasteiger partial charge in [-0.3, -0.25) is 9.59 Å². The van der Waals surface area contributed by atoms with Crippen molar-refractivity contribution in [1.82, 2.24) is 0 Å². The molecule has 0 saturated carbocycles. The zero-order valence-electron chi connectivity index (χ0n) is 10.2. The van der Waals surface area contributed by atoms with Gasteiger partial charge < -0.3 is 9.47 Å². The summed E-state index contributed by atoms with van der Waals surface area (Å²) in [5, 5.41) is 0. The van der Waals surface area contributed by atoms with Crippen LogP contribution in [0.5, 0.6) is 0 Å². The van der Waals surface area contributed by atoms with E-state index in [2.05, 4.69) is 0 Å². The molecule has 2 aliphatic carbocycles. The SMILES string of the molecule is COC1=CC(=O)[C@]2(OC)[C@H](C)C=CC[C@@H]2C1=O. The summed E-state index contributed by atoms with van der Waals surface area (Å²) in [4.78, 5) is 24.4. The molecule has 2 aliphatic rings. The molecule has 0 N–H and O–H groups in total. The summed E-state index contributed by atoms with van der Waals surface area (Å²) in [6.07, 6.45) is 5.63. The van der Waals surface area contributed by atoms with Crippen LogP contribution in [0.15, 0.2) is 24.0 Å². The minimum Gasteiger partial charge on any atom is -0.493 e. The lowest BCUT2D eigenvalue weighted by Crippen LogP contribution is -2.58. The monoisotopic (exact) mass is 236 g/mol. The Morgan fingerprint density at radius 2 is 2.06 bits per heavy atom. The van der Waals surface area contributed by atoms with Gasteiger partial charge in [0.25, 0.3) is 0 Å². The predicted octanol–water partition coefficient (Wildman–Crippen LogP) is 1.27. The number of rotatable bonds is 2. The van der Waals surface area contributed by atoms with Crippen molar-refractivity contribution in [2.75, 3.05) is 14.2 Å². The van der Waals surface area contributed by atoms with Gasteiger partial charge in [0.15, 0.2) is 11.5 Å². The molecule has 4 nitrogen and oxygen atoms in total. The van der Waals surface area contributed by atoms with Gasteiger partial charge >= 0.3 is 0 Å². The quantitative estimate of drug-likeness (QED) is 0.677. The molecule has 0 heterocycles. The first-order valence-corrected chi connectivity index (χ1v) is 5.64. The minimum atomic E-state index is -1.05. The van der Waals surface area contributed by atoms with Gasteiger partial charge in [-0.25, -0.2) is 0 Å². The number of Topliss-reactive ketones (excluding diaryl/α,β-unsaturated/α-hetero) is 1. The molecule has 0 saturated heterocycles. The maximum Gasteiger partial charge on any atom is 0.204 e. The topological polar surface area (TPSA) is 52.6 Å². The molecule has 0 aliphatic heterocycles. The summed E-state index contributed by atoms with van der Waals surface area (Å²) >= 11 is 0. The predicted molar refractivity (Wildman–Crippen MR) is 61.3 cm³/mol. The number of fused-ring (bicyclic) bond motifs is 1. The van der Waals surface area contributed by atoms with E-state index in [1.165, 1.54) is 20.3 Å².